The number of nitrogens with one attached hydrogen (secondary N) is 2. The van der Waals surface area contributed by atoms with Gasteiger partial charge in [0, 0.05) is 38.2 Å². The normalized spacial score (nSPS) is 22.1. The molecule has 1 aromatic carbocycles. The van der Waals surface area contributed by atoms with Crippen LogP contribution in [-0.2, 0) is 9.59 Å². The molecule has 1 aliphatic heterocycles. The number of nitrogens with zero attached hydrogens (tertiary/aromatic N) is 1. The Kier molecular flexibility index (Phi) is 5.16. The van der Waals surface area contributed by atoms with Gasteiger partial charge >= 0.3 is 0 Å². The first-order valence-electron chi connectivity index (χ1n) is 8.97. The number of hydrogen-bond acceptors (Lipinski definition) is 4. The molecule has 136 valence electrons. The van der Waals surface area contributed by atoms with Gasteiger partial charge in [-0.1, -0.05) is 12.8 Å². The van der Waals surface area contributed by atoms with Gasteiger partial charge < -0.3 is 20.3 Å². The molecule has 2 N–H and O–H groups in total. The summed E-state index contributed by atoms with van der Waals surface area (Å²) in [5, 5.41) is 6.54. The first-order chi connectivity index (χ1) is 12.0. The summed E-state index contributed by atoms with van der Waals surface area (Å²) in [7, 11) is 3.45. The maximum Gasteiger partial charge on any atom is 0.245 e. The van der Waals surface area contributed by atoms with Gasteiger partial charge in [-0.15, -0.1) is 0 Å². The summed E-state index contributed by atoms with van der Waals surface area (Å²) in [4.78, 5) is 26.3. The van der Waals surface area contributed by atoms with Gasteiger partial charge in [0.2, 0.25) is 11.8 Å². The number of benzene rings is 1. The molecule has 1 aliphatic carbocycles. The molecule has 0 aromatic heterocycles. The maximum absolute atomic E-state index is 12.9. The van der Waals surface area contributed by atoms with E-state index in [1.165, 1.54) is 0 Å². The molecule has 0 radical (unpaired) electrons. The topological polar surface area (TPSA) is 70.7 Å². The number of hydrogen-bond donors (Lipinski definition) is 2. The summed E-state index contributed by atoms with van der Waals surface area (Å²) in [6.45, 7) is 1.28. The molecule has 0 bridgehead atoms. The standard InChI is InChI=1S/C19H27N3O3/c1-22-13-14(11-17(22)23)12-20-18(24)19(9-3-4-10-19)21-15-5-7-16(25-2)8-6-15/h5-8,14,21H,3-4,9-13H2,1-2H3,(H,20,24)/t14-/m0/s1. The Morgan fingerprint density at radius 2 is 1.96 bits per heavy atom. The molecule has 6 nitrogen and oxygen atoms in total. The minimum Gasteiger partial charge on any atom is -0.497 e. The van der Waals surface area contributed by atoms with Crippen molar-refractivity contribution in [1.29, 1.82) is 0 Å². The minimum atomic E-state index is -0.552. The van der Waals surface area contributed by atoms with Crippen molar-refractivity contribution in [3.05, 3.63) is 24.3 Å². The van der Waals surface area contributed by atoms with Crippen LogP contribution in [0.3, 0.4) is 0 Å². The highest BCUT2D eigenvalue weighted by Crippen LogP contribution is 2.34. The lowest BCUT2D eigenvalue weighted by atomic mass is 9.95. The first-order valence-corrected chi connectivity index (χ1v) is 8.97. The van der Waals surface area contributed by atoms with E-state index in [9.17, 15) is 9.59 Å². The molecule has 2 fully saturated rings. The van der Waals surface area contributed by atoms with E-state index in [0.29, 0.717) is 13.0 Å². The second kappa shape index (κ2) is 7.33. The average Bonchev–Trinajstić information content (AvgIpc) is 3.21. The molecular formula is C19H27N3O3. The molecule has 2 aliphatic rings. The summed E-state index contributed by atoms with van der Waals surface area (Å²) in [6.07, 6.45) is 4.26. The average molecular weight is 345 g/mol. The monoisotopic (exact) mass is 345 g/mol. The van der Waals surface area contributed by atoms with Gasteiger partial charge in [0.05, 0.1) is 7.11 Å². The van der Waals surface area contributed by atoms with Crippen LogP contribution >= 0.6 is 0 Å². The van der Waals surface area contributed by atoms with Gasteiger partial charge in [-0.25, -0.2) is 0 Å². The molecule has 1 heterocycles. The molecule has 1 saturated carbocycles. The number of ether oxygens (including phenoxy) is 1. The van der Waals surface area contributed by atoms with Crippen molar-refractivity contribution in [2.24, 2.45) is 5.92 Å². The van der Waals surface area contributed by atoms with Crippen LogP contribution in [0.4, 0.5) is 5.69 Å². The third-order valence-corrected chi connectivity index (χ3v) is 5.34. The lowest BCUT2D eigenvalue weighted by Crippen LogP contribution is -2.51. The highest BCUT2D eigenvalue weighted by Gasteiger charge is 2.41. The number of carbonyl (C=O) groups is 2. The van der Waals surface area contributed by atoms with Crippen LogP contribution in [0.2, 0.25) is 0 Å². The lowest BCUT2D eigenvalue weighted by Gasteiger charge is -2.30. The van der Waals surface area contributed by atoms with Crippen molar-refractivity contribution in [2.45, 2.75) is 37.6 Å². The van der Waals surface area contributed by atoms with Crippen molar-refractivity contribution >= 4 is 17.5 Å². The smallest absolute Gasteiger partial charge is 0.245 e. The Bertz CT molecular complexity index is 623. The van der Waals surface area contributed by atoms with Crippen molar-refractivity contribution < 1.29 is 14.3 Å². The van der Waals surface area contributed by atoms with Crippen molar-refractivity contribution in [2.75, 3.05) is 32.6 Å². The second-order valence-electron chi connectivity index (χ2n) is 7.20. The minimum absolute atomic E-state index is 0.0443. The van der Waals surface area contributed by atoms with Gasteiger partial charge in [0.25, 0.3) is 0 Å². The number of methoxy groups -OCH3 is 1. The van der Waals surface area contributed by atoms with Crippen LogP contribution in [-0.4, -0.2) is 49.5 Å². The first kappa shape index (κ1) is 17.6. The number of anilines is 1. The number of rotatable bonds is 6. The van der Waals surface area contributed by atoms with Gasteiger partial charge in [-0.05, 0) is 37.1 Å². The summed E-state index contributed by atoms with van der Waals surface area (Å²) in [5.74, 6) is 1.21. The van der Waals surface area contributed by atoms with Crippen LogP contribution in [0.15, 0.2) is 24.3 Å². The summed E-state index contributed by atoms with van der Waals surface area (Å²) >= 11 is 0. The highest BCUT2D eigenvalue weighted by atomic mass is 16.5. The van der Waals surface area contributed by atoms with Crippen LogP contribution < -0.4 is 15.4 Å². The molecule has 1 atom stereocenters. The van der Waals surface area contributed by atoms with E-state index < -0.39 is 5.54 Å². The molecule has 25 heavy (non-hydrogen) atoms. The molecule has 0 unspecified atom stereocenters. The zero-order valence-corrected chi connectivity index (χ0v) is 15.0. The Morgan fingerprint density at radius 1 is 1.28 bits per heavy atom. The number of amides is 2. The van der Waals surface area contributed by atoms with E-state index in [4.69, 9.17) is 4.74 Å². The van der Waals surface area contributed by atoms with Crippen LogP contribution in [0.1, 0.15) is 32.1 Å². The van der Waals surface area contributed by atoms with Crippen LogP contribution in [0.25, 0.3) is 0 Å². The quantitative estimate of drug-likeness (QED) is 0.827. The predicted octanol–water partition coefficient (Wildman–Crippen LogP) is 2.01. The van der Waals surface area contributed by atoms with E-state index in [1.807, 2.05) is 31.3 Å². The van der Waals surface area contributed by atoms with Gasteiger partial charge in [-0.3, -0.25) is 9.59 Å². The van der Waals surface area contributed by atoms with Gasteiger partial charge in [0.15, 0.2) is 0 Å². The SMILES string of the molecule is COc1ccc(NC2(C(=O)NC[C@@H]3CC(=O)N(C)C3)CCCC2)cc1. The largest absolute Gasteiger partial charge is 0.497 e. The molecule has 3 rings (SSSR count). The summed E-state index contributed by atoms with van der Waals surface area (Å²) in [6, 6.07) is 7.67. The number of carbonyl (C=O) groups excluding carboxylic acids is 2. The fourth-order valence-corrected chi connectivity index (χ4v) is 3.84. The van der Waals surface area contributed by atoms with E-state index >= 15 is 0 Å². The van der Waals surface area contributed by atoms with Crippen molar-refractivity contribution in [3.8, 4) is 5.75 Å². The van der Waals surface area contributed by atoms with Crippen LogP contribution in [0, 0.1) is 5.92 Å². The molecular weight excluding hydrogens is 318 g/mol. The van der Waals surface area contributed by atoms with Gasteiger partial charge in [0.1, 0.15) is 11.3 Å². The third-order valence-electron chi connectivity index (χ3n) is 5.34. The Labute approximate surface area is 148 Å². The molecule has 0 spiro atoms. The van der Waals surface area contributed by atoms with E-state index in [0.717, 1.165) is 43.7 Å². The fourth-order valence-electron chi connectivity index (χ4n) is 3.84. The Hall–Kier alpha value is -2.24. The zero-order chi connectivity index (χ0) is 17.9. The molecule has 1 aromatic rings. The molecule has 1 saturated heterocycles. The van der Waals surface area contributed by atoms with E-state index in [1.54, 1.807) is 12.0 Å². The number of likely N-dealkylation sites (tertiary alicyclic amines) is 1. The lowest BCUT2D eigenvalue weighted by molar-refractivity contribution is -0.127. The Balaban J connectivity index is 1.62. The van der Waals surface area contributed by atoms with Crippen LogP contribution in [0.5, 0.6) is 5.75 Å². The van der Waals surface area contributed by atoms with Gasteiger partial charge in [-0.2, -0.15) is 0 Å². The van der Waals surface area contributed by atoms with Crippen molar-refractivity contribution in [3.63, 3.8) is 0 Å². The molecule has 6 heteroatoms. The predicted molar refractivity (Wildman–Crippen MR) is 96.6 cm³/mol. The summed E-state index contributed by atoms with van der Waals surface area (Å²) in [5.41, 5.74) is 0.372. The van der Waals surface area contributed by atoms with E-state index in [2.05, 4.69) is 10.6 Å². The third kappa shape index (κ3) is 3.89. The van der Waals surface area contributed by atoms with E-state index in [-0.39, 0.29) is 17.7 Å². The fraction of sp³-hybridized carbons (Fsp3) is 0.579. The highest BCUT2D eigenvalue weighted by molar-refractivity contribution is 5.90. The molecule has 2 amide bonds. The zero-order valence-electron chi connectivity index (χ0n) is 15.0. The maximum atomic E-state index is 12.9. The Morgan fingerprint density at radius 3 is 2.52 bits per heavy atom. The summed E-state index contributed by atoms with van der Waals surface area (Å²) < 4.78 is 5.19. The van der Waals surface area contributed by atoms with Crippen molar-refractivity contribution in [1.82, 2.24) is 10.2 Å². The second-order valence-corrected chi connectivity index (χ2v) is 7.20.